The molecule has 1 heterocycles. The molecule has 1 aromatic heterocycles. The summed E-state index contributed by atoms with van der Waals surface area (Å²) in [5.41, 5.74) is 0.761. The van der Waals surface area contributed by atoms with E-state index < -0.39 is 11.6 Å². The van der Waals surface area contributed by atoms with Gasteiger partial charge in [0.25, 0.3) is 0 Å². The third-order valence-electron chi connectivity index (χ3n) is 3.11. The smallest absolute Gasteiger partial charge is 0.159 e. The van der Waals surface area contributed by atoms with Gasteiger partial charge in [0.2, 0.25) is 0 Å². The van der Waals surface area contributed by atoms with Crippen LogP contribution in [0, 0.1) is 11.6 Å². The highest BCUT2D eigenvalue weighted by molar-refractivity contribution is 5.17. The molecule has 0 aliphatic heterocycles. The lowest BCUT2D eigenvalue weighted by Gasteiger charge is -2.02. The molecular formula is C13H13F2N3. The third-order valence-corrected chi connectivity index (χ3v) is 3.11. The molecule has 2 aromatic rings. The van der Waals surface area contributed by atoms with Gasteiger partial charge in [-0.25, -0.2) is 13.8 Å². The van der Waals surface area contributed by atoms with Gasteiger partial charge in [-0.3, -0.25) is 4.68 Å². The number of halogens is 2. The first kappa shape index (κ1) is 11.3. The van der Waals surface area contributed by atoms with E-state index in [0.717, 1.165) is 17.5 Å². The second-order valence-electron chi connectivity index (χ2n) is 4.64. The van der Waals surface area contributed by atoms with Gasteiger partial charge in [0.1, 0.15) is 6.33 Å². The molecule has 0 spiro atoms. The van der Waals surface area contributed by atoms with Crippen molar-refractivity contribution in [3.05, 3.63) is 47.5 Å². The Labute approximate surface area is 103 Å². The largest absolute Gasteiger partial charge is 0.252 e. The Balaban J connectivity index is 1.63. The lowest BCUT2D eigenvalue weighted by molar-refractivity contribution is 0.505. The van der Waals surface area contributed by atoms with Crippen LogP contribution >= 0.6 is 0 Å². The summed E-state index contributed by atoms with van der Waals surface area (Å²) in [5, 5.41) is 4.37. The van der Waals surface area contributed by atoms with Crippen LogP contribution < -0.4 is 0 Å². The molecule has 94 valence electrons. The average Bonchev–Trinajstić information content (AvgIpc) is 3.11. The summed E-state index contributed by atoms with van der Waals surface area (Å²) in [7, 11) is 0. The Bertz CT molecular complexity index is 561. The Kier molecular flexibility index (Phi) is 2.81. The molecule has 3 nitrogen and oxygen atoms in total. The van der Waals surface area contributed by atoms with Gasteiger partial charge in [-0.2, -0.15) is 5.10 Å². The first-order chi connectivity index (χ1) is 8.72. The number of aromatic nitrogens is 3. The van der Waals surface area contributed by atoms with Gasteiger partial charge in [0.15, 0.2) is 17.5 Å². The predicted molar refractivity (Wildman–Crippen MR) is 62.1 cm³/mol. The van der Waals surface area contributed by atoms with Gasteiger partial charge in [0.05, 0.1) is 0 Å². The lowest BCUT2D eigenvalue weighted by atomic mass is 10.1. The molecular weight excluding hydrogens is 236 g/mol. The van der Waals surface area contributed by atoms with E-state index in [0.29, 0.717) is 18.9 Å². The Morgan fingerprint density at radius 3 is 2.78 bits per heavy atom. The first-order valence-electron chi connectivity index (χ1n) is 6.05. The SMILES string of the molecule is Fc1ccc(CCn2cnc(C3CC3)n2)cc1F. The normalized spacial score (nSPS) is 15.0. The van der Waals surface area contributed by atoms with Gasteiger partial charge in [0, 0.05) is 12.5 Å². The van der Waals surface area contributed by atoms with E-state index in [1.54, 1.807) is 17.1 Å². The Morgan fingerprint density at radius 1 is 1.22 bits per heavy atom. The molecule has 1 fully saturated rings. The van der Waals surface area contributed by atoms with Crippen LogP contribution in [0.5, 0.6) is 0 Å². The minimum Gasteiger partial charge on any atom is -0.252 e. The number of hydrogen-bond acceptors (Lipinski definition) is 2. The number of benzene rings is 1. The van der Waals surface area contributed by atoms with E-state index in [-0.39, 0.29) is 0 Å². The Hall–Kier alpha value is -1.78. The van der Waals surface area contributed by atoms with E-state index in [2.05, 4.69) is 10.1 Å². The summed E-state index contributed by atoms with van der Waals surface area (Å²) in [4.78, 5) is 4.24. The van der Waals surface area contributed by atoms with Crippen LogP contribution in [0.25, 0.3) is 0 Å². The maximum Gasteiger partial charge on any atom is 0.159 e. The molecule has 1 aliphatic carbocycles. The van der Waals surface area contributed by atoms with Crippen molar-refractivity contribution >= 4 is 0 Å². The molecule has 3 rings (SSSR count). The van der Waals surface area contributed by atoms with Crippen LogP contribution in [0.3, 0.4) is 0 Å². The molecule has 1 aliphatic rings. The van der Waals surface area contributed by atoms with Crippen LogP contribution in [0.15, 0.2) is 24.5 Å². The van der Waals surface area contributed by atoms with Gasteiger partial charge in [-0.15, -0.1) is 0 Å². The van der Waals surface area contributed by atoms with Crippen molar-refractivity contribution in [2.45, 2.75) is 31.7 Å². The van der Waals surface area contributed by atoms with E-state index in [9.17, 15) is 8.78 Å². The summed E-state index contributed by atoms with van der Waals surface area (Å²) in [6.45, 7) is 0.630. The number of aryl methyl sites for hydroxylation is 2. The molecule has 0 amide bonds. The fourth-order valence-corrected chi connectivity index (χ4v) is 1.88. The van der Waals surface area contributed by atoms with E-state index in [1.807, 2.05) is 0 Å². The second kappa shape index (κ2) is 4.48. The van der Waals surface area contributed by atoms with Crippen molar-refractivity contribution in [2.24, 2.45) is 0 Å². The summed E-state index contributed by atoms with van der Waals surface area (Å²) >= 11 is 0. The molecule has 0 unspecified atom stereocenters. The maximum atomic E-state index is 13.0. The fraction of sp³-hybridized carbons (Fsp3) is 0.385. The van der Waals surface area contributed by atoms with Gasteiger partial charge < -0.3 is 0 Å². The summed E-state index contributed by atoms with van der Waals surface area (Å²) in [5.74, 6) is -0.171. The molecule has 18 heavy (non-hydrogen) atoms. The van der Waals surface area contributed by atoms with Crippen LogP contribution in [0.2, 0.25) is 0 Å². The zero-order valence-electron chi connectivity index (χ0n) is 9.81. The van der Waals surface area contributed by atoms with Crippen molar-refractivity contribution < 1.29 is 8.78 Å². The number of hydrogen-bond donors (Lipinski definition) is 0. The van der Waals surface area contributed by atoms with E-state index >= 15 is 0 Å². The Morgan fingerprint density at radius 2 is 2.06 bits per heavy atom. The summed E-state index contributed by atoms with van der Waals surface area (Å²) in [6.07, 6.45) is 4.67. The van der Waals surface area contributed by atoms with Crippen LogP contribution in [0.1, 0.15) is 30.1 Å². The standard InChI is InChI=1S/C13H13F2N3/c14-11-4-1-9(7-12(11)15)5-6-18-8-16-13(17-18)10-2-3-10/h1,4,7-8,10H,2-3,5-6H2. The summed E-state index contributed by atoms with van der Waals surface area (Å²) < 4.78 is 27.5. The van der Waals surface area contributed by atoms with Crippen molar-refractivity contribution in [1.82, 2.24) is 14.8 Å². The predicted octanol–water partition coefficient (Wildman–Crippen LogP) is 2.68. The first-order valence-corrected chi connectivity index (χ1v) is 6.05. The topological polar surface area (TPSA) is 30.7 Å². The zero-order chi connectivity index (χ0) is 12.5. The molecule has 0 radical (unpaired) electrons. The number of rotatable bonds is 4. The third kappa shape index (κ3) is 2.39. The minimum atomic E-state index is -0.810. The highest BCUT2D eigenvalue weighted by atomic mass is 19.2. The lowest BCUT2D eigenvalue weighted by Crippen LogP contribution is -2.03. The van der Waals surface area contributed by atoms with Gasteiger partial charge in [-0.1, -0.05) is 6.07 Å². The number of nitrogens with zero attached hydrogens (tertiary/aromatic N) is 3. The van der Waals surface area contributed by atoms with Crippen LogP contribution in [-0.4, -0.2) is 14.8 Å². The molecule has 1 aromatic carbocycles. The van der Waals surface area contributed by atoms with E-state index in [4.69, 9.17) is 0 Å². The molecule has 5 heteroatoms. The quantitative estimate of drug-likeness (QED) is 0.834. The zero-order valence-corrected chi connectivity index (χ0v) is 9.81. The van der Waals surface area contributed by atoms with Gasteiger partial charge >= 0.3 is 0 Å². The fourth-order valence-electron chi connectivity index (χ4n) is 1.88. The molecule has 0 bridgehead atoms. The van der Waals surface area contributed by atoms with E-state index in [1.165, 1.54) is 18.9 Å². The van der Waals surface area contributed by atoms with Gasteiger partial charge in [-0.05, 0) is 37.0 Å². The molecule has 0 N–H and O–H groups in total. The molecule has 1 saturated carbocycles. The average molecular weight is 249 g/mol. The van der Waals surface area contributed by atoms with Crippen molar-refractivity contribution in [3.63, 3.8) is 0 Å². The monoisotopic (exact) mass is 249 g/mol. The highest BCUT2D eigenvalue weighted by Crippen LogP contribution is 2.37. The van der Waals surface area contributed by atoms with Crippen molar-refractivity contribution in [2.75, 3.05) is 0 Å². The molecule has 0 saturated heterocycles. The van der Waals surface area contributed by atoms with Crippen LogP contribution in [0.4, 0.5) is 8.78 Å². The van der Waals surface area contributed by atoms with Crippen molar-refractivity contribution in [3.8, 4) is 0 Å². The molecule has 0 atom stereocenters. The van der Waals surface area contributed by atoms with Crippen molar-refractivity contribution in [1.29, 1.82) is 0 Å². The van der Waals surface area contributed by atoms with Crippen LogP contribution in [-0.2, 0) is 13.0 Å². The summed E-state index contributed by atoms with van der Waals surface area (Å²) in [6, 6.07) is 3.98. The highest BCUT2D eigenvalue weighted by Gasteiger charge is 2.27. The minimum absolute atomic E-state index is 0.537. The second-order valence-corrected chi connectivity index (χ2v) is 4.64. The maximum absolute atomic E-state index is 13.0.